The minimum absolute atomic E-state index is 0.0285. The summed E-state index contributed by atoms with van der Waals surface area (Å²) in [6, 6.07) is -0.0285. The Morgan fingerprint density at radius 2 is 2.67 bits per heavy atom. The van der Waals surface area contributed by atoms with Crippen LogP contribution >= 0.6 is 11.5 Å². The molecule has 0 saturated carbocycles. The topological polar surface area (TPSA) is 80.9 Å². The molecule has 3 N–H and O–H groups in total. The van der Waals surface area contributed by atoms with Crippen molar-refractivity contribution in [1.82, 2.24) is 14.9 Å². The lowest BCUT2D eigenvalue weighted by Crippen LogP contribution is -2.37. The van der Waals surface area contributed by atoms with E-state index >= 15 is 0 Å². The molecule has 0 saturated heterocycles. The summed E-state index contributed by atoms with van der Waals surface area (Å²) in [6.07, 6.45) is 0. The molecule has 0 aromatic carbocycles. The van der Waals surface area contributed by atoms with Crippen molar-refractivity contribution in [3.63, 3.8) is 0 Å². The average Bonchev–Trinajstić information content (AvgIpc) is 2.56. The fourth-order valence-electron chi connectivity index (χ4n) is 0.620. The summed E-state index contributed by atoms with van der Waals surface area (Å²) in [4.78, 5) is 11.2. The molecule has 0 bridgehead atoms. The van der Waals surface area contributed by atoms with Gasteiger partial charge in [-0.3, -0.25) is 4.79 Å². The second kappa shape index (κ2) is 4.13. The van der Waals surface area contributed by atoms with Gasteiger partial charge in [0.25, 0.3) is 5.91 Å². The molecule has 0 aliphatic carbocycles. The van der Waals surface area contributed by atoms with Gasteiger partial charge in [0.05, 0.1) is 0 Å². The molecule has 0 fully saturated rings. The van der Waals surface area contributed by atoms with E-state index in [1.807, 2.05) is 6.92 Å². The number of amides is 1. The van der Waals surface area contributed by atoms with Crippen molar-refractivity contribution < 1.29 is 4.79 Å². The number of hydrogen-bond acceptors (Lipinski definition) is 5. The van der Waals surface area contributed by atoms with Crippen LogP contribution in [0.2, 0.25) is 0 Å². The summed E-state index contributed by atoms with van der Waals surface area (Å²) in [5.74, 6) is -0.221. The lowest BCUT2D eigenvalue weighted by Gasteiger charge is -2.08. The SMILES string of the molecule is C[C@H](CN)NC(=O)c1csnn1. The lowest BCUT2D eigenvalue weighted by atomic mass is 10.3. The van der Waals surface area contributed by atoms with Gasteiger partial charge in [0.15, 0.2) is 5.69 Å². The molecule has 0 radical (unpaired) electrons. The van der Waals surface area contributed by atoms with Crippen LogP contribution in [0.25, 0.3) is 0 Å². The molecule has 0 aliphatic heterocycles. The summed E-state index contributed by atoms with van der Waals surface area (Å²) in [5.41, 5.74) is 5.67. The van der Waals surface area contributed by atoms with Crippen molar-refractivity contribution in [2.45, 2.75) is 13.0 Å². The maximum atomic E-state index is 11.2. The molecule has 0 unspecified atom stereocenters. The maximum Gasteiger partial charge on any atom is 0.272 e. The number of hydrogen-bond donors (Lipinski definition) is 2. The van der Waals surface area contributed by atoms with Crippen LogP contribution in [0, 0.1) is 0 Å². The highest BCUT2D eigenvalue weighted by atomic mass is 32.1. The predicted molar refractivity (Wildman–Crippen MR) is 45.9 cm³/mol. The molecule has 1 aromatic rings. The van der Waals surface area contributed by atoms with Gasteiger partial charge >= 0.3 is 0 Å². The van der Waals surface area contributed by atoms with Crippen molar-refractivity contribution in [2.24, 2.45) is 5.73 Å². The van der Waals surface area contributed by atoms with Gasteiger partial charge in [-0.25, -0.2) is 0 Å². The van der Waals surface area contributed by atoms with Gasteiger partial charge in [-0.05, 0) is 18.5 Å². The number of nitrogens with zero attached hydrogens (tertiary/aromatic N) is 2. The first-order valence-electron chi connectivity index (χ1n) is 3.52. The van der Waals surface area contributed by atoms with E-state index in [4.69, 9.17) is 5.73 Å². The Morgan fingerprint density at radius 3 is 3.17 bits per heavy atom. The van der Waals surface area contributed by atoms with E-state index in [0.717, 1.165) is 11.5 Å². The highest BCUT2D eigenvalue weighted by Gasteiger charge is 2.10. The molecule has 1 aromatic heterocycles. The van der Waals surface area contributed by atoms with E-state index in [1.165, 1.54) is 0 Å². The quantitative estimate of drug-likeness (QED) is 0.674. The van der Waals surface area contributed by atoms with Gasteiger partial charge in [-0.1, -0.05) is 4.49 Å². The fourth-order valence-corrected chi connectivity index (χ4v) is 1.06. The molecular formula is C6H10N4OS. The van der Waals surface area contributed by atoms with Crippen molar-refractivity contribution in [1.29, 1.82) is 0 Å². The van der Waals surface area contributed by atoms with Crippen LogP contribution in [0.5, 0.6) is 0 Å². The summed E-state index contributed by atoms with van der Waals surface area (Å²) in [7, 11) is 0. The highest BCUT2D eigenvalue weighted by molar-refractivity contribution is 7.03. The minimum atomic E-state index is -0.221. The number of nitrogens with one attached hydrogen (secondary N) is 1. The highest BCUT2D eigenvalue weighted by Crippen LogP contribution is 1.96. The largest absolute Gasteiger partial charge is 0.347 e. The number of aromatic nitrogens is 2. The standard InChI is InChI=1S/C6H10N4OS/c1-4(2-7)8-6(11)5-3-12-10-9-5/h3-4H,2,7H2,1H3,(H,8,11)/t4-/m1/s1. The minimum Gasteiger partial charge on any atom is -0.347 e. The van der Waals surface area contributed by atoms with Gasteiger partial charge in [0.1, 0.15) is 0 Å². The van der Waals surface area contributed by atoms with Crippen molar-refractivity contribution in [2.75, 3.05) is 6.54 Å². The van der Waals surface area contributed by atoms with E-state index in [0.29, 0.717) is 12.2 Å². The van der Waals surface area contributed by atoms with E-state index in [1.54, 1.807) is 5.38 Å². The first kappa shape index (κ1) is 9.08. The summed E-state index contributed by atoms with van der Waals surface area (Å²) in [6.45, 7) is 2.25. The van der Waals surface area contributed by atoms with Crippen LogP contribution in [0.3, 0.4) is 0 Å². The molecule has 1 rings (SSSR count). The number of carbonyl (C=O) groups excluding carboxylic acids is 1. The predicted octanol–water partition coefficient (Wildman–Crippen LogP) is -0.385. The first-order valence-corrected chi connectivity index (χ1v) is 4.35. The van der Waals surface area contributed by atoms with Gasteiger partial charge in [-0.15, -0.1) is 5.10 Å². The second-order valence-electron chi connectivity index (χ2n) is 2.40. The molecular weight excluding hydrogens is 176 g/mol. The molecule has 0 spiro atoms. The van der Waals surface area contributed by atoms with E-state index in [-0.39, 0.29) is 11.9 Å². The Bertz CT molecular complexity index is 248. The molecule has 5 nitrogen and oxygen atoms in total. The van der Waals surface area contributed by atoms with Crippen LogP contribution in [0.4, 0.5) is 0 Å². The summed E-state index contributed by atoms with van der Waals surface area (Å²) >= 11 is 1.15. The number of rotatable bonds is 3. The van der Waals surface area contributed by atoms with Crippen molar-refractivity contribution in [3.8, 4) is 0 Å². The Balaban J connectivity index is 2.50. The van der Waals surface area contributed by atoms with Gasteiger partial charge in [0, 0.05) is 18.0 Å². The zero-order valence-corrected chi connectivity index (χ0v) is 7.47. The van der Waals surface area contributed by atoms with Crippen LogP contribution < -0.4 is 11.1 Å². The molecule has 1 amide bonds. The van der Waals surface area contributed by atoms with E-state index < -0.39 is 0 Å². The van der Waals surface area contributed by atoms with Crippen LogP contribution in [0.1, 0.15) is 17.4 Å². The maximum absolute atomic E-state index is 11.2. The molecule has 12 heavy (non-hydrogen) atoms. The smallest absolute Gasteiger partial charge is 0.272 e. The normalized spacial score (nSPS) is 12.5. The molecule has 1 atom stereocenters. The molecule has 6 heteroatoms. The Kier molecular flexibility index (Phi) is 3.12. The van der Waals surface area contributed by atoms with Crippen LogP contribution in [0.15, 0.2) is 5.38 Å². The summed E-state index contributed by atoms with van der Waals surface area (Å²) < 4.78 is 3.58. The van der Waals surface area contributed by atoms with Crippen molar-refractivity contribution >= 4 is 17.4 Å². The van der Waals surface area contributed by atoms with Gasteiger partial charge in [-0.2, -0.15) is 0 Å². The van der Waals surface area contributed by atoms with Crippen LogP contribution in [-0.4, -0.2) is 28.1 Å². The first-order chi connectivity index (χ1) is 5.74. The second-order valence-corrected chi connectivity index (χ2v) is 3.01. The van der Waals surface area contributed by atoms with Crippen LogP contribution in [-0.2, 0) is 0 Å². The third-order valence-corrected chi connectivity index (χ3v) is 1.83. The third-order valence-electron chi connectivity index (χ3n) is 1.32. The lowest BCUT2D eigenvalue weighted by molar-refractivity contribution is 0.0936. The number of nitrogens with two attached hydrogens (primary N) is 1. The third kappa shape index (κ3) is 2.24. The Labute approximate surface area is 74.1 Å². The molecule has 0 aliphatic rings. The molecule has 1 heterocycles. The molecule has 66 valence electrons. The van der Waals surface area contributed by atoms with Crippen molar-refractivity contribution in [3.05, 3.63) is 11.1 Å². The Morgan fingerprint density at radius 1 is 1.92 bits per heavy atom. The van der Waals surface area contributed by atoms with E-state index in [9.17, 15) is 4.79 Å². The summed E-state index contributed by atoms with van der Waals surface area (Å²) in [5, 5.41) is 7.89. The van der Waals surface area contributed by atoms with Gasteiger partial charge < -0.3 is 11.1 Å². The average molecular weight is 186 g/mol. The Hall–Kier alpha value is -1.01. The monoisotopic (exact) mass is 186 g/mol. The zero-order valence-electron chi connectivity index (χ0n) is 6.65. The van der Waals surface area contributed by atoms with Gasteiger partial charge in [0.2, 0.25) is 0 Å². The zero-order chi connectivity index (χ0) is 8.97. The number of carbonyl (C=O) groups is 1. The van der Waals surface area contributed by atoms with E-state index in [2.05, 4.69) is 14.9 Å². The fraction of sp³-hybridized carbons (Fsp3) is 0.500.